The van der Waals surface area contributed by atoms with Gasteiger partial charge in [0.15, 0.2) is 0 Å². The molecule has 6 N–H and O–H groups in total. The van der Waals surface area contributed by atoms with Gasteiger partial charge in [-0.1, -0.05) is 91.0 Å². The standard InChI is InChI=1S/C60H82F2N10O10S2.C30H44FN5O4S/c1-43(67(3)4)55(73)65-53(59(77)71-37-15-21-49(71)41-69(39-33-45-17-9-7-10-18-45)83(79,80)51-29-25-47(61)26-30-51)23-13-35-63-57(75)58(76)64-36-14-24-54(66-56(74)44(2)68(5)6)60(78)72-38-16-22-50(72)42-70(40-34-46-19-11-8-12-20-46)84(81,82)52-31-27-48(62)28-32-52;1-23(34(3)4)29(37)33-28(13-8-19-32-2)30(38)36-20-9-12-26(36)22-35(21-18-24-10-6-5-7-11-24)41(39,40)27-16-14-25(31)15-17-27/h7-12,17-20,25-32,43-44,49-50,53-54H,13-16,21-24,33-42H2,1-6H3,(H,63,75)(H,64,76)(H,65,73)(H,66,74);5-7,10-11,14-17,23,26,28,32H,8-9,12-13,18-22H2,1-4H3,(H,33,37)/t43-,44-,49-,50-,53-,54-;23-,26-,28-/m00/s1. The molecule has 0 unspecified atom stereocenters. The number of benzene rings is 6. The summed E-state index contributed by atoms with van der Waals surface area (Å²) in [7, 11) is 0.0849. The summed E-state index contributed by atoms with van der Waals surface area (Å²) in [6, 6.07) is 36.4. The van der Waals surface area contributed by atoms with Crippen LogP contribution in [0.2, 0.25) is 0 Å². The number of rotatable bonds is 45. The van der Waals surface area contributed by atoms with Gasteiger partial charge in [0, 0.05) is 90.1 Å². The summed E-state index contributed by atoms with van der Waals surface area (Å²) >= 11 is 0. The molecule has 35 heteroatoms. The molecule has 3 heterocycles. The molecule has 3 fully saturated rings. The molecule has 684 valence electrons. The molecule has 8 amide bonds. The highest BCUT2D eigenvalue weighted by molar-refractivity contribution is 7.89. The molecule has 0 radical (unpaired) electrons. The Kier molecular flexibility index (Phi) is 39.5. The van der Waals surface area contributed by atoms with E-state index >= 15 is 0 Å². The van der Waals surface area contributed by atoms with Crippen molar-refractivity contribution in [1.29, 1.82) is 0 Å². The minimum atomic E-state index is -4.15. The van der Waals surface area contributed by atoms with Crippen molar-refractivity contribution in [1.82, 2.24) is 74.2 Å². The maximum atomic E-state index is 14.5. The van der Waals surface area contributed by atoms with Crippen LogP contribution in [0, 0.1) is 17.5 Å². The van der Waals surface area contributed by atoms with Gasteiger partial charge in [0.1, 0.15) is 35.6 Å². The second kappa shape index (κ2) is 49.0. The molecule has 6 aromatic carbocycles. The predicted octanol–water partition coefficient (Wildman–Crippen LogP) is 6.26. The lowest BCUT2D eigenvalue weighted by Gasteiger charge is -2.33. The minimum absolute atomic E-state index is 0.0118. The Morgan fingerprint density at radius 3 is 0.864 bits per heavy atom. The monoisotopic (exact) mass is 1790 g/mol. The van der Waals surface area contributed by atoms with Gasteiger partial charge in [-0.15, -0.1) is 0 Å². The van der Waals surface area contributed by atoms with E-state index < -0.39 is 131 Å². The molecule has 0 aromatic heterocycles. The maximum Gasteiger partial charge on any atom is 0.309 e. The number of amides is 8. The summed E-state index contributed by atoms with van der Waals surface area (Å²) in [5.41, 5.74) is 2.80. The Morgan fingerprint density at radius 2 is 0.624 bits per heavy atom. The smallest absolute Gasteiger partial charge is 0.309 e. The van der Waals surface area contributed by atoms with Crippen molar-refractivity contribution in [3.63, 3.8) is 0 Å². The van der Waals surface area contributed by atoms with E-state index in [0.717, 1.165) is 59.5 Å². The van der Waals surface area contributed by atoms with Crippen molar-refractivity contribution >= 4 is 77.3 Å². The van der Waals surface area contributed by atoms with Crippen LogP contribution in [0.25, 0.3) is 0 Å². The van der Waals surface area contributed by atoms with Gasteiger partial charge in [-0.05, 0) is 262 Å². The Balaban J connectivity index is 0.000000393. The third-order valence-electron chi connectivity index (χ3n) is 23.4. The number of halogens is 3. The predicted molar refractivity (Wildman–Crippen MR) is 473 cm³/mol. The van der Waals surface area contributed by atoms with Crippen molar-refractivity contribution in [2.24, 2.45) is 0 Å². The van der Waals surface area contributed by atoms with Crippen LogP contribution in [0.1, 0.15) is 115 Å². The first kappa shape index (κ1) is 101. The lowest BCUT2D eigenvalue weighted by molar-refractivity contribution is -0.139. The lowest BCUT2D eigenvalue weighted by Crippen LogP contribution is -2.55. The summed E-state index contributed by atoms with van der Waals surface area (Å²) < 4.78 is 130. The van der Waals surface area contributed by atoms with E-state index in [1.165, 1.54) is 49.3 Å². The van der Waals surface area contributed by atoms with Crippen molar-refractivity contribution in [2.75, 3.05) is 128 Å². The Bertz CT molecular complexity index is 4620. The van der Waals surface area contributed by atoms with E-state index in [1.807, 2.05) is 112 Å². The number of nitrogens with zero attached hydrogens (tertiary/aromatic N) is 9. The minimum Gasteiger partial charge on any atom is -0.348 e. The quantitative estimate of drug-likeness (QED) is 0.0181. The number of hydrogen-bond acceptors (Lipinski definition) is 18. The third kappa shape index (κ3) is 29.8. The van der Waals surface area contributed by atoms with Crippen LogP contribution in [-0.2, 0) is 87.7 Å². The molecule has 29 nitrogen and oxygen atoms in total. The fraction of sp³-hybridized carbons (Fsp3) is 0.511. The third-order valence-corrected chi connectivity index (χ3v) is 29.0. The second-order valence-corrected chi connectivity index (χ2v) is 38.6. The summed E-state index contributed by atoms with van der Waals surface area (Å²) in [5, 5.41) is 16.9. The topological polar surface area (TPSA) is 340 Å². The molecule has 9 rings (SSSR count). The van der Waals surface area contributed by atoms with Gasteiger partial charge in [-0.25, -0.2) is 38.4 Å². The van der Waals surface area contributed by atoms with E-state index in [4.69, 9.17) is 0 Å². The number of hydrogen-bond donors (Lipinski definition) is 6. The molecule has 6 aromatic rings. The molecule has 0 aliphatic carbocycles. The summed E-state index contributed by atoms with van der Waals surface area (Å²) in [4.78, 5) is 119. The normalized spacial score (nSPS) is 17.1. The van der Waals surface area contributed by atoms with Crippen LogP contribution in [-0.4, -0.2) is 297 Å². The van der Waals surface area contributed by atoms with Crippen LogP contribution >= 0.6 is 0 Å². The van der Waals surface area contributed by atoms with E-state index in [1.54, 1.807) is 78.4 Å². The number of likely N-dealkylation sites (tertiary alicyclic amines) is 3. The zero-order chi connectivity index (χ0) is 91.1. The summed E-state index contributed by atoms with van der Waals surface area (Å²) in [6.07, 6.45) is 6.35. The highest BCUT2D eigenvalue weighted by Crippen LogP contribution is 2.30. The Morgan fingerprint density at radius 1 is 0.376 bits per heavy atom. The zero-order valence-corrected chi connectivity index (χ0v) is 75.9. The first-order valence-electron chi connectivity index (χ1n) is 42.9. The number of carbonyl (C=O) groups excluding carboxylic acids is 8. The van der Waals surface area contributed by atoms with E-state index in [2.05, 4.69) is 31.9 Å². The second-order valence-electron chi connectivity index (χ2n) is 32.8. The van der Waals surface area contributed by atoms with Crippen molar-refractivity contribution in [3.8, 4) is 0 Å². The maximum absolute atomic E-state index is 14.5. The number of nitrogens with one attached hydrogen (secondary N) is 6. The van der Waals surface area contributed by atoms with E-state index in [9.17, 15) is 76.8 Å². The zero-order valence-electron chi connectivity index (χ0n) is 73.5. The molecular formula is C90H126F3N15O14S3. The first-order chi connectivity index (χ1) is 59.5. The van der Waals surface area contributed by atoms with Crippen molar-refractivity contribution < 1.29 is 76.8 Å². The van der Waals surface area contributed by atoms with Crippen LogP contribution in [0.5, 0.6) is 0 Å². The number of sulfonamides is 3. The highest BCUT2D eigenvalue weighted by Gasteiger charge is 2.42. The van der Waals surface area contributed by atoms with Crippen LogP contribution in [0.3, 0.4) is 0 Å². The molecule has 0 spiro atoms. The average molecular weight is 1800 g/mol. The SMILES string of the molecule is CNCCC[C@H](NC(=O)[C@H](C)N(C)C)C(=O)N1CCC[C@H]1CN(CCc1ccccc1)S(=O)(=O)c1ccc(F)cc1.C[C@@H](C(=O)N[C@@H](CCCNC(=O)C(=O)NCCC[C@H](NC(=O)[C@H](C)N(C)C)C(=O)N1CCC[C@H]1CN(CCc1ccccc1)S(=O)(=O)c1ccc(F)cc1)C(=O)N1CCC[C@H]1CN(CCc1ccccc1)S(=O)(=O)c1ccc(F)cc1)N(C)C. The van der Waals surface area contributed by atoms with Gasteiger partial charge >= 0.3 is 11.8 Å². The van der Waals surface area contributed by atoms with Gasteiger partial charge < -0.3 is 46.6 Å². The van der Waals surface area contributed by atoms with Crippen LogP contribution in [0.4, 0.5) is 13.2 Å². The lowest BCUT2D eigenvalue weighted by atomic mass is 10.1. The molecule has 3 saturated heterocycles. The van der Waals surface area contributed by atoms with Gasteiger partial charge in [0.2, 0.25) is 65.5 Å². The van der Waals surface area contributed by atoms with E-state index in [-0.39, 0.29) is 111 Å². The summed E-state index contributed by atoms with van der Waals surface area (Å²) in [5.74, 6) is -5.73. The fourth-order valence-corrected chi connectivity index (χ4v) is 19.6. The van der Waals surface area contributed by atoms with Crippen molar-refractivity contribution in [2.45, 2.75) is 186 Å². The van der Waals surface area contributed by atoms with Crippen molar-refractivity contribution in [3.05, 3.63) is 198 Å². The van der Waals surface area contributed by atoms with Gasteiger partial charge in [0.05, 0.1) is 32.8 Å². The van der Waals surface area contributed by atoms with Gasteiger partial charge in [-0.2, -0.15) is 12.9 Å². The largest absolute Gasteiger partial charge is 0.348 e. The van der Waals surface area contributed by atoms with Crippen LogP contribution < -0.4 is 31.9 Å². The molecule has 0 saturated carbocycles. The van der Waals surface area contributed by atoms with Crippen LogP contribution in [0.15, 0.2) is 178 Å². The van der Waals surface area contributed by atoms with Gasteiger partial charge in [0.25, 0.3) is 0 Å². The number of likely N-dealkylation sites (N-methyl/N-ethyl adjacent to an activating group) is 3. The average Bonchev–Trinajstić information content (AvgIpc) is 1.68. The van der Waals surface area contributed by atoms with Gasteiger partial charge in [-0.3, -0.25) is 53.1 Å². The first-order valence-corrected chi connectivity index (χ1v) is 47.3. The molecule has 3 aliphatic heterocycles. The molecule has 3 aliphatic rings. The summed E-state index contributed by atoms with van der Waals surface area (Å²) in [6.45, 7) is 7.23. The molecule has 125 heavy (non-hydrogen) atoms. The Hall–Kier alpha value is -9.56. The number of carbonyl (C=O) groups is 8. The van der Waals surface area contributed by atoms with E-state index in [0.29, 0.717) is 90.4 Å². The molecule has 9 atom stereocenters. The molecule has 0 bridgehead atoms. The fourth-order valence-electron chi connectivity index (χ4n) is 15.2. The highest BCUT2D eigenvalue weighted by atomic mass is 32.2. The molecular weight excluding hydrogens is 1670 g/mol. The Labute approximate surface area is 736 Å².